The average Bonchev–Trinajstić information content (AvgIpc) is 3.15. The molecule has 1 aromatic heterocycles. The van der Waals surface area contributed by atoms with Crippen molar-refractivity contribution in [1.82, 2.24) is 4.98 Å². The minimum Gasteiger partial charge on any atom is -0.481 e. The van der Waals surface area contributed by atoms with Crippen molar-refractivity contribution in [3.8, 4) is 11.3 Å². The highest BCUT2D eigenvalue weighted by Crippen LogP contribution is 2.32. The van der Waals surface area contributed by atoms with Crippen LogP contribution in [0.2, 0.25) is 0 Å². The lowest BCUT2D eigenvalue weighted by molar-refractivity contribution is -0.136. The Bertz CT molecular complexity index is 681. The number of halogens is 1. The van der Waals surface area contributed by atoms with Crippen LogP contribution in [-0.4, -0.2) is 35.3 Å². The zero-order chi connectivity index (χ0) is 16.2. The van der Waals surface area contributed by atoms with Crippen LogP contribution in [0.4, 0.5) is 9.52 Å². The lowest BCUT2D eigenvalue weighted by atomic mass is 10.1. The largest absolute Gasteiger partial charge is 0.481 e. The average molecular weight is 336 g/mol. The summed E-state index contributed by atoms with van der Waals surface area (Å²) in [7, 11) is 0. The van der Waals surface area contributed by atoms with Gasteiger partial charge < -0.3 is 15.2 Å². The molecule has 1 fully saturated rings. The number of nitrogens with zero attached hydrogens (tertiary/aromatic N) is 1. The van der Waals surface area contributed by atoms with Crippen molar-refractivity contribution >= 4 is 22.4 Å². The van der Waals surface area contributed by atoms with Gasteiger partial charge in [-0.1, -0.05) is 0 Å². The Hall–Kier alpha value is -1.99. The summed E-state index contributed by atoms with van der Waals surface area (Å²) >= 11 is 1.32. The predicted octanol–water partition coefficient (Wildman–Crippen LogP) is 3.17. The molecule has 0 unspecified atom stereocenters. The molecule has 0 spiro atoms. The first-order valence-corrected chi connectivity index (χ1v) is 8.26. The van der Waals surface area contributed by atoms with Crippen LogP contribution in [0.25, 0.3) is 11.3 Å². The standard InChI is InChI=1S/C16H17FN2O3S/c17-11-5-3-10(4-6-11)15-13(8-14(20)21)23-16(19-15)18-9-12-2-1-7-22-12/h3-6,12H,1-2,7-9H2,(H,18,19)(H,20,21)/t12-/m1/s1. The van der Waals surface area contributed by atoms with Gasteiger partial charge in [0.2, 0.25) is 0 Å². The molecule has 2 heterocycles. The molecule has 2 aromatic rings. The Morgan fingerprint density at radius 3 is 2.87 bits per heavy atom. The molecule has 1 aliphatic rings. The van der Waals surface area contributed by atoms with Crippen molar-refractivity contribution < 1.29 is 19.0 Å². The van der Waals surface area contributed by atoms with Crippen molar-refractivity contribution in [2.75, 3.05) is 18.5 Å². The zero-order valence-corrected chi connectivity index (χ0v) is 13.2. The normalized spacial score (nSPS) is 17.3. The van der Waals surface area contributed by atoms with Gasteiger partial charge in [-0.3, -0.25) is 4.79 Å². The number of carboxylic acid groups (broad SMARTS) is 1. The molecule has 1 aliphatic heterocycles. The fraction of sp³-hybridized carbons (Fsp3) is 0.375. The van der Waals surface area contributed by atoms with Crippen molar-refractivity contribution in [2.45, 2.75) is 25.4 Å². The molecule has 7 heteroatoms. The fourth-order valence-corrected chi connectivity index (χ4v) is 3.51. The van der Waals surface area contributed by atoms with E-state index in [2.05, 4.69) is 10.3 Å². The van der Waals surface area contributed by atoms with Crippen LogP contribution in [0.15, 0.2) is 24.3 Å². The van der Waals surface area contributed by atoms with Crippen LogP contribution in [0.1, 0.15) is 17.7 Å². The molecule has 1 aromatic carbocycles. The van der Waals surface area contributed by atoms with E-state index in [4.69, 9.17) is 9.84 Å². The topological polar surface area (TPSA) is 71.5 Å². The number of hydrogen-bond acceptors (Lipinski definition) is 5. The summed E-state index contributed by atoms with van der Waals surface area (Å²) in [6, 6.07) is 5.91. The number of hydrogen-bond donors (Lipinski definition) is 2. The molecule has 122 valence electrons. The van der Waals surface area contributed by atoms with E-state index in [9.17, 15) is 9.18 Å². The van der Waals surface area contributed by atoms with E-state index < -0.39 is 5.97 Å². The minimum absolute atomic E-state index is 0.105. The van der Waals surface area contributed by atoms with Crippen molar-refractivity contribution in [3.63, 3.8) is 0 Å². The van der Waals surface area contributed by atoms with Gasteiger partial charge in [-0.2, -0.15) is 0 Å². The summed E-state index contributed by atoms with van der Waals surface area (Å²) in [5.41, 5.74) is 1.30. The number of anilines is 1. The van der Waals surface area contributed by atoms with Gasteiger partial charge in [0.25, 0.3) is 0 Å². The Morgan fingerprint density at radius 1 is 1.43 bits per heavy atom. The number of aliphatic carboxylic acids is 1. The van der Waals surface area contributed by atoms with E-state index in [1.54, 1.807) is 12.1 Å². The third-order valence-corrected chi connectivity index (χ3v) is 4.64. The van der Waals surface area contributed by atoms with E-state index in [0.29, 0.717) is 27.8 Å². The summed E-state index contributed by atoms with van der Waals surface area (Å²) < 4.78 is 18.6. The maximum absolute atomic E-state index is 13.1. The van der Waals surface area contributed by atoms with Crippen molar-refractivity contribution in [1.29, 1.82) is 0 Å². The third kappa shape index (κ3) is 4.05. The quantitative estimate of drug-likeness (QED) is 0.848. The highest BCUT2D eigenvalue weighted by molar-refractivity contribution is 7.16. The fourth-order valence-electron chi connectivity index (χ4n) is 2.52. The first kappa shape index (κ1) is 15.9. The molecule has 5 nitrogen and oxygen atoms in total. The number of rotatable bonds is 6. The molecule has 0 aliphatic carbocycles. The van der Waals surface area contributed by atoms with Gasteiger partial charge in [-0.15, -0.1) is 11.3 Å². The van der Waals surface area contributed by atoms with Crippen LogP contribution < -0.4 is 5.32 Å². The summed E-state index contributed by atoms with van der Waals surface area (Å²) in [6.07, 6.45) is 2.16. The second-order valence-electron chi connectivity index (χ2n) is 5.38. The number of nitrogens with one attached hydrogen (secondary N) is 1. The van der Waals surface area contributed by atoms with Gasteiger partial charge in [0.15, 0.2) is 5.13 Å². The Morgan fingerprint density at radius 2 is 2.22 bits per heavy atom. The molecule has 1 saturated heterocycles. The summed E-state index contributed by atoms with van der Waals surface area (Å²) in [6.45, 7) is 1.44. The van der Waals surface area contributed by atoms with E-state index in [0.717, 1.165) is 19.4 Å². The van der Waals surface area contributed by atoms with E-state index in [1.165, 1.54) is 23.5 Å². The molecular formula is C16H17FN2O3S. The molecular weight excluding hydrogens is 319 g/mol. The smallest absolute Gasteiger partial charge is 0.308 e. The van der Waals surface area contributed by atoms with Crippen molar-refractivity contribution in [2.24, 2.45) is 0 Å². The van der Waals surface area contributed by atoms with Crippen LogP contribution in [-0.2, 0) is 16.0 Å². The highest BCUT2D eigenvalue weighted by Gasteiger charge is 2.18. The number of carboxylic acids is 1. The molecule has 0 amide bonds. The molecule has 0 saturated carbocycles. The molecule has 1 atom stereocenters. The maximum atomic E-state index is 13.1. The first-order valence-electron chi connectivity index (χ1n) is 7.45. The lowest BCUT2D eigenvalue weighted by Crippen LogP contribution is -2.18. The Kier molecular flexibility index (Phi) is 4.88. The van der Waals surface area contributed by atoms with Crippen LogP contribution >= 0.6 is 11.3 Å². The summed E-state index contributed by atoms with van der Waals surface area (Å²) in [5, 5.41) is 13.0. The van der Waals surface area contributed by atoms with E-state index in [-0.39, 0.29) is 18.3 Å². The second kappa shape index (κ2) is 7.06. The van der Waals surface area contributed by atoms with Gasteiger partial charge in [-0.05, 0) is 37.1 Å². The predicted molar refractivity (Wildman–Crippen MR) is 86.3 cm³/mol. The van der Waals surface area contributed by atoms with Crippen molar-refractivity contribution in [3.05, 3.63) is 35.0 Å². The number of aromatic nitrogens is 1. The monoisotopic (exact) mass is 336 g/mol. The van der Waals surface area contributed by atoms with Gasteiger partial charge in [-0.25, -0.2) is 9.37 Å². The van der Waals surface area contributed by atoms with E-state index >= 15 is 0 Å². The van der Waals surface area contributed by atoms with Crippen LogP contribution in [0.3, 0.4) is 0 Å². The van der Waals surface area contributed by atoms with Gasteiger partial charge in [0.05, 0.1) is 18.2 Å². The van der Waals surface area contributed by atoms with Gasteiger partial charge in [0, 0.05) is 23.6 Å². The summed E-state index contributed by atoms with van der Waals surface area (Å²) in [5.74, 6) is -1.25. The Balaban J connectivity index is 1.80. The number of carbonyl (C=O) groups is 1. The first-order chi connectivity index (χ1) is 11.1. The third-order valence-electron chi connectivity index (χ3n) is 3.63. The van der Waals surface area contributed by atoms with Gasteiger partial charge in [0.1, 0.15) is 5.82 Å². The molecule has 0 bridgehead atoms. The Labute approximate surface area is 137 Å². The molecule has 23 heavy (non-hydrogen) atoms. The van der Waals surface area contributed by atoms with E-state index in [1.807, 2.05) is 0 Å². The number of thiazole rings is 1. The molecule has 3 rings (SSSR count). The summed E-state index contributed by atoms with van der Waals surface area (Å²) in [4.78, 5) is 16.2. The zero-order valence-electron chi connectivity index (χ0n) is 12.4. The van der Waals surface area contributed by atoms with Crippen LogP contribution in [0, 0.1) is 5.82 Å². The van der Waals surface area contributed by atoms with Gasteiger partial charge >= 0.3 is 5.97 Å². The lowest BCUT2D eigenvalue weighted by Gasteiger charge is -2.09. The minimum atomic E-state index is -0.914. The molecule has 0 radical (unpaired) electrons. The second-order valence-corrected chi connectivity index (χ2v) is 6.47. The SMILES string of the molecule is O=C(O)Cc1sc(NC[C@H]2CCCO2)nc1-c1ccc(F)cc1. The molecule has 2 N–H and O–H groups in total. The number of ether oxygens (including phenoxy) is 1. The highest BCUT2D eigenvalue weighted by atomic mass is 32.1. The number of benzene rings is 1. The van der Waals surface area contributed by atoms with Crippen LogP contribution in [0.5, 0.6) is 0 Å². The maximum Gasteiger partial charge on any atom is 0.308 e.